The molecule has 3 atom stereocenters. The fraction of sp³-hybridized carbons (Fsp3) is 0.500. The molecule has 0 unspecified atom stereocenters. The minimum absolute atomic E-state index is 0.0494. The second kappa shape index (κ2) is 5.59. The predicted molar refractivity (Wildman–Crippen MR) is 84.8 cm³/mol. The zero-order valence-corrected chi connectivity index (χ0v) is 14.4. The highest BCUT2D eigenvalue weighted by Crippen LogP contribution is 2.43. The topological polar surface area (TPSA) is 77.9 Å². The quantitative estimate of drug-likeness (QED) is 0.811. The average molecular weight is 389 g/mol. The van der Waals surface area contributed by atoms with Gasteiger partial charge >= 0.3 is 0 Å². The fourth-order valence-corrected chi connectivity index (χ4v) is 4.44. The van der Waals surface area contributed by atoms with E-state index in [1.807, 2.05) is 24.3 Å². The Kier molecular flexibility index (Phi) is 4.05. The molecular weight excluding hydrogens is 372 g/mol. The predicted octanol–water partition coefficient (Wildman–Crippen LogP) is 0.380. The molecule has 1 amide bonds. The third kappa shape index (κ3) is 2.58. The summed E-state index contributed by atoms with van der Waals surface area (Å²) in [6.45, 7) is 0.0164. The smallest absolute Gasteiger partial charge is 0.238 e. The van der Waals surface area contributed by atoms with Crippen LogP contribution in [-0.4, -0.2) is 66.7 Å². The molecule has 0 spiro atoms. The first-order chi connectivity index (χ1) is 10.3. The Labute approximate surface area is 137 Å². The van der Waals surface area contributed by atoms with E-state index in [1.165, 1.54) is 4.31 Å². The number of halogens is 1. The molecule has 1 N–H and O–H groups in total. The van der Waals surface area contributed by atoms with Crippen molar-refractivity contribution >= 4 is 31.9 Å². The van der Waals surface area contributed by atoms with Crippen LogP contribution < -0.4 is 0 Å². The molecule has 1 aromatic carbocycles. The molecular formula is C14H17BrN2O4S. The van der Waals surface area contributed by atoms with E-state index in [1.54, 1.807) is 4.90 Å². The molecule has 8 heteroatoms. The summed E-state index contributed by atoms with van der Waals surface area (Å²) in [4.78, 5) is 13.8. The Hall–Kier alpha value is -0.960. The molecule has 3 rings (SSSR count). The van der Waals surface area contributed by atoms with Crippen molar-refractivity contribution in [2.24, 2.45) is 0 Å². The van der Waals surface area contributed by atoms with Crippen LogP contribution in [0.3, 0.4) is 0 Å². The van der Waals surface area contributed by atoms with Crippen molar-refractivity contribution in [3.63, 3.8) is 0 Å². The Morgan fingerprint density at radius 3 is 2.50 bits per heavy atom. The van der Waals surface area contributed by atoms with E-state index in [0.29, 0.717) is 0 Å². The van der Waals surface area contributed by atoms with E-state index >= 15 is 0 Å². The number of rotatable bonds is 3. The summed E-state index contributed by atoms with van der Waals surface area (Å²) in [5.74, 6) is -0.291. The third-order valence-corrected chi connectivity index (χ3v) is 6.19. The van der Waals surface area contributed by atoms with Crippen molar-refractivity contribution < 1.29 is 18.3 Å². The van der Waals surface area contributed by atoms with E-state index in [9.17, 15) is 18.3 Å². The first-order valence-electron chi connectivity index (χ1n) is 6.95. The van der Waals surface area contributed by atoms with E-state index in [0.717, 1.165) is 16.3 Å². The maximum absolute atomic E-state index is 12.2. The third-order valence-electron chi connectivity index (χ3n) is 4.44. The number of hydrogen-bond donors (Lipinski definition) is 1. The van der Waals surface area contributed by atoms with E-state index in [4.69, 9.17) is 0 Å². The SMILES string of the molecule is CS(=O)(=O)N1CC(=O)N2[C@@H](CO)[C@@H](c3ccc(Br)cc3)[C@@H]2C1. The van der Waals surface area contributed by atoms with E-state index in [-0.39, 0.29) is 43.6 Å². The molecule has 0 aromatic heterocycles. The summed E-state index contributed by atoms with van der Waals surface area (Å²) in [5.41, 5.74) is 1.01. The minimum atomic E-state index is -3.40. The summed E-state index contributed by atoms with van der Waals surface area (Å²) < 4.78 is 25.7. The van der Waals surface area contributed by atoms with Crippen LogP contribution in [0.15, 0.2) is 28.7 Å². The van der Waals surface area contributed by atoms with Crippen LogP contribution in [-0.2, 0) is 14.8 Å². The first-order valence-corrected chi connectivity index (χ1v) is 9.59. The minimum Gasteiger partial charge on any atom is -0.394 e. The molecule has 120 valence electrons. The van der Waals surface area contributed by atoms with Gasteiger partial charge in [0, 0.05) is 16.9 Å². The van der Waals surface area contributed by atoms with Gasteiger partial charge in [0.05, 0.1) is 31.5 Å². The number of carbonyl (C=O) groups is 1. The summed E-state index contributed by atoms with van der Waals surface area (Å²) in [6.07, 6.45) is 1.12. The molecule has 0 aliphatic carbocycles. The highest BCUT2D eigenvalue weighted by atomic mass is 79.9. The van der Waals surface area contributed by atoms with Crippen molar-refractivity contribution in [2.45, 2.75) is 18.0 Å². The number of sulfonamides is 1. The van der Waals surface area contributed by atoms with E-state index < -0.39 is 10.0 Å². The van der Waals surface area contributed by atoms with Gasteiger partial charge in [-0.3, -0.25) is 4.79 Å². The van der Waals surface area contributed by atoms with Crippen molar-refractivity contribution in [1.82, 2.24) is 9.21 Å². The van der Waals surface area contributed by atoms with Gasteiger partial charge in [0.25, 0.3) is 0 Å². The van der Waals surface area contributed by atoms with Gasteiger partial charge in [-0.15, -0.1) is 0 Å². The van der Waals surface area contributed by atoms with Gasteiger partial charge < -0.3 is 10.0 Å². The van der Waals surface area contributed by atoms with Crippen molar-refractivity contribution in [3.05, 3.63) is 34.3 Å². The van der Waals surface area contributed by atoms with Gasteiger partial charge in [0.15, 0.2) is 0 Å². The highest BCUT2D eigenvalue weighted by molar-refractivity contribution is 9.10. The molecule has 0 saturated carbocycles. The molecule has 6 nitrogen and oxygen atoms in total. The average Bonchev–Trinajstić information content (AvgIpc) is 2.42. The number of carbonyl (C=O) groups excluding carboxylic acids is 1. The number of nitrogens with zero attached hydrogens (tertiary/aromatic N) is 2. The van der Waals surface area contributed by atoms with Crippen molar-refractivity contribution in [1.29, 1.82) is 0 Å². The van der Waals surface area contributed by atoms with E-state index in [2.05, 4.69) is 15.9 Å². The Morgan fingerprint density at radius 2 is 1.95 bits per heavy atom. The number of aliphatic hydroxyl groups excluding tert-OH is 1. The summed E-state index contributed by atoms with van der Waals surface area (Å²) in [7, 11) is -3.40. The number of aliphatic hydroxyl groups is 1. The van der Waals surface area contributed by atoms with Crippen molar-refractivity contribution in [3.8, 4) is 0 Å². The molecule has 2 aliphatic rings. The highest BCUT2D eigenvalue weighted by Gasteiger charge is 2.54. The zero-order valence-electron chi connectivity index (χ0n) is 12.0. The molecule has 2 heterocycles. The van der Waals surface area contributed by atoms with Gasteiger partial charge in [-0.25, -0.2) is 8.42 Å². The lowest BCUT2D eigenvalue weighted by Crippen LogP contribution is -2.73. The number of piperazine rings is 1. The summed E-state index contributed by atoms with van der Waals surface area (Å²) >= 11 is 3.38. The molecule has 2 saturated heterocycles. The molecule has 0 bridgehead atoms. The number of fused-ring (bicyclic) bond motifs is 1. The maximum atomic E-state index is 12.2. The standard InChI is InChI=1S/C14H17BrN2O4S/c1-22(20,21)16-6-11-14(9-2-4-10(15)5-3-9)12(8-18)17(11)13(19)7-16/h2-5,11-12,14,18H,6-8H2,1H3/t11-,12-,14-/m0/s1. The Bertz CT molecular complexity index is 691. The molecule has 2 fully saturated rings. The zero-order chi connectivity index (χ0) is 16.1. The van der Waals surface area contributed by atoms with Crippen LogP contribution >= 0.6 is 15.9 Å². The number of amides is 1. The van der Waals surface area contributed by atoms with Gasteiger partial charge in [-0.05, 0) is 17.7 Å². The van der Waals surface area contributed by atoms with Gasteiger partial charge in [-0.1, -0.05) is 28.1 Å². The van der Waals surface area contributed by atoms with Gasteiger partial charge in [0.2, 0.25) is 15.9 Å². The van der Waals surface area contributed by atoms with Crippen LogP contribution in [0, 0.1) is 0 Å². The number of hydrogen-bond acceptors (Lipinski definition) is 4. The molecule has 2 aliphatic heterocycles. The normalized spacial score (nSPS) is 29.1. The lowest BCUT2D eigenvalue weighted by atomic mass is 9.74. The summed E-state index contributed by atoms with van der Waals surface area (Å²) in [5, 5.41) is 9.62. The van der Waals surface area contributed by atoms with Crippen LogP contribution in [0.25, 0.3) is 0 Å². The monoisotopic (exact) mass is 388 g/mol. The lowest BCUT2D eigenvalue weighted by Gasteiger charge is -2.58. The summed E-state index contributed by atoms with van der Waals surface area (Å²) in [6, 6.07) is 7.21. The number of benzene rings is 1. The molecule has 22 heavy (non-hydrogen) atoms. The van der Waals surface area contributed by atoms with Gasteiger partial charge in [-0.2, -0.15) is 4.31 Å². The second-order valence-electron chi connectivity index (χ2n) is 5.75. The second-order valence-corrected chi connectivity index (χ2v) is 8.65. The van der Waals surface area contributed by atoms with Crippen LogP contribution in [0.1, 0.15) is 11.5 Å². The Morgan fingerprint density at radius 1 is 1.32 bits per heavy atom. The van der Waals surface area contributed by atoms with Crippen LogP contribution in [0.5, 0.6) is 0 Å². The first kappa shape index (κ1) is 15.9. The Balaban J connectivity index is 1.91. The molecule has 1 aromatic rings. The maximum Gasteiger partial charge on any atom is 0.238 e. The van der Waals surface area contributed by atoms with Gasteiger partial charge in [0.1, 0.15) is 0 Å². The lowest BCUT2D eigenvalue weighted by molar-refractivity contribution is -0.158. The van der Waals surface area contributed by atoms with Crippen LogP contribution in [0.2, 0.25) is 0 Å². The largest absolute Gasteiger partial charge is 0.394 e. The molecule has 0 radical (unpaired) electrons. The fourth-order valence-electron chi connectivity index (χ4n) is 3.41. The van der Waals surface area contributed by atoms with Crippen LogP contribution in [0.4, 0.5) is 0 Å². The van der Waals surface area contributed by atoms with Crippen molar-refractivity contribution in [2.75, 3.05) is 26.0 Å².